The zero-order chi connectivity index (χ0) is 20.3. The van der Waals surface area contributed by atoms with Gasteiger partial charge in [-0.25, -0.2) is 9.37 Å². The van der Waals surface area contributed by atoms with E-state index >= 15 is 0 Å². The van der Waals surface area contributed by atoms with Crippen LogP contribution in [0.1, 0.15) is 29.3 Å². The Kier molecular flexibility index (Phi) is 6.21. The maximum Gasteiger partial charge on any atom is 0.230 e. The molecule has 1 heterocycles. The second-order valence-corrected chi connectivity index (χ2v) is 7.90. The number of halogens is 1. The van der Waals surface area contributed by atoms with Gasteiger partial charge in [-0.2, -0.15) is 0 Å². The Hall–Kier alpha value is -2.57. The van der Waals surface area contributed by atoms with Crippen LogP contribution < -0.4 is 4.90 Å². The first kappa shape index (κ1) is 20.2. The normalized spacial score (nSPS) is 11.1. The van der Waals surface area contributed by atoms with E-state index in [4.69, 9.17) is 0 Å². The first-order valence-electron chi connectivity index (χ1n) is 9.09. The highest BCUT2D eigenvalue weighted by atomic mass is 32.1. The van der Waals surface area contributed by atoms with Crippen LogP contribution in [0.4, 0.5) is 15.2 Å². The number of carbonyl (C=O) groups excluding carboxylic acids is 1. The minimum atomic E-state index is -0.230. The third-order valence-corrected chi connectivity index (χ3v) is 5.31. The maximum atomic E-state index is 13.1. The summed E-state index contributed by atoms with van der Waals surface area (Å²) in [6, 6.07) is 12.6. The molecule has 0 bridgehead atoms. The summed E-state index contributed by atoms with van der Waals surface area (Å²) in [5.74, 6) is -0.293. The van der Waals surface area contributed by atoms with E-state index < -0.39 is 0 Å². The van der Waals surface area contributed by atoms with Crippen LogP contribution in [-0.4, -0.2) is 22.8 Å². The van der Waals surface area contributed by atoms with Gasteiger partial charge in [0.25, 0.3) is 0 Å². The van der Waals surface area contributed by atoms with Crippen molar-refractivity contribution in [1.29, 1.82) is 0 Å². The summed E-state index contributed by atoms with van der Waals surface area (Å²) in [7, 11) is 2.00. The van der Waals surface area contributed by atoms with Crippen LogP contribution in [0.5, 0.6) is 0 Å². The standard InChI is InChI=1S/C22H24FN3OS/c1-15-5-10-21(16(2)11-15)26(17(3)27)22-24-20(14-28-22)13-25(4)12-18-6-8-19(23)9-7-18/h5-11,14H,12-13H2,1-4H3. The fourth-order valence-corrected chi connectivity index (χ4v) is 4.04. The van der Waals surface area contributed by atoms with Crippen LogP contribution >= 0.6 is 11.3 Å². The second-order valence-electron chi connectivity index (χ2n) is 7.06. The van der Waals surface area contributed by atoms with Crippen molar-refractivity contribution in [2.24, 2.45) is 0 Å². The number of aromatic nitrogens is 1. The summed E-state index contributed by atoms with van der Waals surface area (Å²) in [5, 5.41) is 2.65. The van der Waals surface area contributed by atoms with E-state index in [-0.39, 0.29) is 11.7 Å². The average molecular weight is 398 g/mol. The van der Waals surface area contributed by atoms with Crippen LogP contribution in [0.3, 0.4) is 0 Å². The van der Waals surface area contributed by atoms with Crippen LogP contribution in [0.2, 0.25) is 0 Å². The van der Waals surface area contributed by atoms with Gasteiger partial charge in [0.15, 0.2) is 5.13 Å². The van der Waals surface area contributed by atoms with E-state index in [1.807, 2.05) is 38.4 Å². The molecule has 3 aromatic rings. The van der Waals surface area contributed by atoms with Gasteiger partial charge in [0, 0.05) is 25.4 Å². The Morgan fingerprint density at radius 3 is 2.46 bits per heavy atom. The number of anilines is 2. The molecule has 0 N–H and O–H groups in total. The number of benzene rings is 2. The van der Waals surface area contributed by atoms with Crippen molar-refractivity contribution >= 4 is 28.1 Å². The minimum Gasteiger partial charge on any atom is -0.296 e. The largest absolute Gasteiger partial charge is 0.296 e. The molecule has 0 aliphatic rings. The molecule has 0 unspecified atom stereocenters. The van der Waals surface area contributed by atoms with Crippen LogP contribution in [0.25, 0.3) is 0 Å². The van der Waals surface area contributed by atoms with Gasteiger partial charge in [0.05, 0.1) is 11.4 Å². The quantitative estimate of drug-likeness (QED) is 0.572. The smallest absolute Gasteiger partial charge is 0.230 e. The van der Waals surface area contributed by atoms with Gasteiger partial charge >= 0.3 is 0 Å². The summed E-state index contributed by atoms with van der Waals surface area (Å²) in [6.07, 6.45) is 0. The fraction of sp³-hybridized carbons (Fsp3) is 0.273. The van der Waals surface area contributed by atoms with E-state index in [1.54, 1.807) is 24.0 Å². The first-order valence-corrected chi connectivity index (χ1v) is 9.97. The molecule has 0 atom stereocenters. The van der Waals surface area contributed by atoms with Crippen molar-refractivity contribution in [3.05, 3.63) is 76.0 Å². The number of aryl methyl sites for hydroxylation is 2. The molecule has 0 saturated heterocycles. The summed E-state index contributed by atoms with van der Waals surface area (Å²) >= 11 is 1.46. The van der Waals surface area contributed by atoms with E-state index in [0.717, 1.165) is 28.1 Å². The third-order valence-electron chi connectivity index (χ3n) is 4.44. The van der Waals surface area contributed by atoms with Gasteiger partial charge in [0.1, 0.15) is 5.82 Å². The topological polar surface area (TPSA) is 36.4 Å². The lowest BCUT2D eigenvalue weighted by Gasteiger charge is -2.20. The molecule has 0 fully saturated rings. The van der Waals surface area contributed by atoms with Gasteiger partial charge in [-0.1, -0.05) is 29.8 Å². The van der Waals surface area contributed by atoms with E-state index in [9.17, 15) is 9.18 Å². The Labute approximate surface area is 169 Å². The molecule has 1 aromatic heterocycles. The number of hydrogen-bond donors (Lipinski definition) is 0. The van der Waals surface area contributed by atoms with Crippen molar-refractivity contribution in [1.82, 2.24) is 9.88 Å². The third kappa shape index (κ3) is 4.82. The highest BCUT2D eigenvalue weighted by Gasteiger charge is 2.20. The van der Waals surface area contributed by atoms with Crippen molar-refractivity contribution in [2.75, 3.05) is 11.9 Å². The van der Waals surface area contributed by atoms with Crippen LogP contribution in [-0.2, 0) is 17.9 Å². The van der Waals surface area contributed by atoms with E-state index in [1.165, 1.54) is 23.5 Å². The number of hydrogen-bond acceptors (Lipinski definition) is 4. The molecular formula is C22H24FN3OS. The lowest BCUT2D eigenvalue weighted by molar-refractivity contribution is -0.115. The Morgan fingerprint density at radius 2 is 1.82 bits per heavy atom. The number of carbonyl (C=O) groups is 1. The van der Waals surface area contributed by atoms with Gasteiger partial charge in [0.2, 0.25) is 5.91 Å². The zero-order valence-corrected chi connectivity index (χ0v) is 17.4. The average Bonchev–Trinajstić information content (AvgIpc) is 3.06. The van der Waals surface area contributed by atoms with Crippen LogP contribution in [0, 0.1) is 19.7 Å². The minimum absolute atomic E-state index is 0.0625. The van der Waals surface area contributed by atoms with Crippen molar-refractivity contribution in [2.45, 2.75) is 33.9 Å². The SMILES string of the molecule is CC(=O)N(c1nc(CN(C)Cc2ccc(F)cc2)cs1)c1ccc(C)cc1C. The molecule has 2 aromatic carbocycles. The molecule has 0 radical (unpaired) electrons. The van der Waals surface area contributed by atoms with Crippen molar-refractivity contribution in [3.8, 4) is 0 Å². The van der Waals surface area contributed by atoms with E-state index in [0.29, 0.717) is 18.2 Å². The highest BCUT2D eigenvalue weighted by Crippen LogP contribution is 2.32. The molecule has 3 rings (SSSR count). The monoisotopic (exact) mass is 397 g/mol. The molecule has 28 heavy (non-hydrogen) atoms. The van der Waals surface area contributed by atoms with E-state index in [2.05, 4.69) is 16.0 Å². The predicted octanol–water partition coefficient (Wildman–Crippen LogP) is 5.22. The summed E-state index contributed by atoms with van der Waals surface area (Å²) < 4.78 is 13.1. The lowest BCUT2D eigenvalue weighted by Crippen LogP contribution is -2.23. The molecular weight excluding hydrogens is 373 g/mol. The molecule has 4 nitrogen and oxygen atoms in total. The van der Waals surface area contributed by atoms with Crippen molar-refractivity contribution in [3.63, 3.8) is 0 Å². The van der Waals surface area contributed by atoms with Gasteiger partial charge in [-0.15, -0.1) is 11.3 Å². The number of rotatable bonds is 6. The molecule has 146 valence electrons. The Balaban J connectivity index is 1.75. The Morgan fingerprint density at radius 1 is 1.11 bits per heavy atom. The summed E-state index contributed by atoms with van der Waals surface area (Å²) in [4.78, 5) is 20.8. The van der Waals surface area contributed by atoms with Crippen LogP contribution in [0.15, 0.2) is 47.8 Å². The van der Waals surface area contributed by atoms with Gasteiger partial charge in [-0.3, -0.25) is 14.6 Å². The number of nitrogens with zero attached hydrogens (tertiary/aromatic N) is 3. The number of amides is 1. The fourth-order valence-electron chi connectivity index (χ4n) is 3.17. The highest BCUT2D eigenvalue weighted by molar-refractivity contribution is 7.14. The maximum absolute atomic E-state index is 13.1. The van der Waals surface area contributed by atoms with Crippen molar-refractivity contribution < 1.29 is 9.18 Å². The second kappa shape index (κ2) is 8.63. The molecule has 0 spiro atoms. The Bertz CT molecular complexity index is 968. The lowest BCUT2D eigenvalue weighted by atomic mass is 10.1. The molecule has 0 aliphatic heterocycles. The summed E-state index contributed by atoms with van der Waals surface area (Å²) in [5.41, 5.74) is 5.01. The molecule has 6 heteroatoms. The first-order chi connectivity index (χ1) is 13.3. The summed E-state index contributed by atoms with van der Waals surface area (Å²) in [6.45, 7) is 6.94. The number of thiazole rings is 1. The predicted molar refractivity (Wildman–Crippen MR) is 112 cm³/mol. The molecule has 1 amide bonds. The zero-order valence-electron chi connectivity index (χ0n) is 16.6. The molecule has 0 aliphatic carbocycles. The molecule has 0 saturated carbocycles. The van der Waals surface area contributed by atoms with Gasteiger partial charge < -0.3 is 0 Å². The van der Waals surface area contributed by atoms with Gasteiger partial charge in [-0.05, 0) is 50.2 Å².